The highest BCUT2D eigenvalue weighted by Crippen LogP contribution is 2.17. The average molecular weight is 317 g/mol. The molecule has 0 atom stereocenters. The van der Waals surface area contributed by atoms with Crippen molar-refractivity contribution in [3.63, 3.8) is 0 Å². The number of benzene rings is 1. The van der Waals surface area contributed by atoms with Crippen molar-refractivity contribution in [3.05, 3.63) is 45.9 Å². The molecule has 0 saturated heterocycles. The molecule has 0 fully saturated rings. The number of carbonyl (C=O) groups is 2. The minimum Gasteiger partial charge on any atom is -0.346 e. The van der Waals surface area contributed by atoms with E-state index in [0.29, 0.717) is 23.7 Å². The first kappa shape index (κ1) is 16.2. The maximum atomic E-state index is 12.1. The van der Waals surface area contributed by atoms with Gasteiger partial charge in [-0.1, -0.05) is 13.8 Å². The zero-order chi connectivity index (χ0) is 16.1. The lowest BCUT2D eigenvalue weighted by Gasteiger charge is -2.05. The number of hydrogen-bond donors (Lipinski definition) is 2. The summed E-state index contributed by atoms with van der Waals surface area (Å²) in [6, 6.07) is 6.77. The van der Waals surface area contributed by atoms with Gasteiger partial charge in [-0.15, -0.1) is 11.3 Å². The maximum absolute atomic E-state index is 12.1. The topological polar surface area (TPSA) is 71.1 Å². The average Bonchev–Trinajstić information content (AvgIpc) is 2.94. The molecule has 116 valence electrons. The first-order chi connectivity index (χ1) is 10.5. The Kier molecular flexibility index (Phi) is 5.27. The van der Waals surface area contributed by atoms with Gasteiger partial charge in [0.15, 0.2) is 0 Å². The van der Waals surface area contributed by atoms with Gasteiger partial charge in [-0.05, 0) is 30.2 Å². The van der Waals surface area contributed by atoms with Crippen molar-refractivity contribution in [2.75, 3.05) is 5.32 Å². The molecule has 0 aliphatic heterocycles. The van der Waals surface area contributed by atoms with Crippen molar-refractivity contribution >= 4 is 28.8 Å². The molecule has 2 N–H and O–H groups in total. The minimum atomic E-state index is -0.157. The minimum absolute atomic E-state index is 0.137. The lowest BCUT2D eigenvalue weighted by Crippen LogP contribution is -2.22. The third-order valence-electron chi connectivity index (χ3n) is 3.03. The molecule has 1 heterocycles. The monoisotopic (exact) mass is 317 g/mol. The Morgan fingerprint density at radius 2 is 1.91 bits per heavy atom. The van der Waals surface area contributed by atoms with E-state index < -0.39 is 0 Å². The van der Waals surface area contributed by atoms with Gasteiger partial charge < -0.3 is 10.6 Å². The Labute approximate surface area is 133 Å². The first-order valence-corrected chi connectivity index (χ1v) is 7.94. The molecule has 0 spiro atoms. The van der Waals surface area contributed by atoms with Crippen LogP contribution in [0.4, 0.5) is 5.69 Å². The van der Waals surface area contributed by atoms with E-state index in [2.05, 4.69) is 29.5 Å². The lowest BCUT2D eigenvalue weighted by molar-refractivity contribution is -0.114. The lowest BCUT2D eigenvalue weighted by atomic mass is 10.2. The van der Waals surface area contributed by atoms with Crippen molar-refractivity contribution in [1.82, 2.24) is 10.3 Å². The quantitative estimate of drug-likeness (QED) is 0.890. The molecule has 0 bridgehead atoms. The number of amides is 2. The smallest absolute Gasteiger partial charge is 0.251 e. The number of nitrogens with zero attached hydrogens (tertiary/aromatic N) is 1. The maximum Gasteiger partial charge on any atom is 0.251 e. The van der Waals surface area contributed by atoms with Gasteiger partial charge >= 0.3 is 0 Å². The summed E-state index contributed by atoms with van der Waals surface area (Å²) < 4.78 is 0. The molecule has 22 heavy (non-hydrogen) atoms. The van der Waals surface area contributed by atoms with E-state index in [0.717, 1.165) is 10.7 Å². The Bertz CT molecular complexity index is 662. The molecule has 2 rings (SSSR count). The highest BCUT2D eigenvalue weighted by molar-refractivity contribution is 7.09. The third-order valence-corrected chi connectivity index (χ3v) is 3.90. The van der Waals surface area contributed by atoms with Gasteiger partial charge in [0, 0.05) is 23.6 Å². The van der Waals surface area contributed by atoms with Gasteiger partial charge in [0.05, 0.1) is 12.2 Å². The molecule has 0 aliphatic carbocycles. The molecule has 2 aromatic rings. The predicted molar refractivity (Wildman–Crippen MR) is 88.1 cm³/mol. The zero-order valence-electron chi connectivity index (χ0n) is 12.8. The number of carbonyl (C=O) groups excluding carboxylic acids is 2. The number of nitrogens with one attached hydrogen (secondary N) is 2. The van der Waals surface area contributed by atoms with Gasteiger partial charge in [-0.25, -0.2) is 4.98 Å². The Hall–Kier alpha value is -2.21. The molecular formula is C16H19N3O2S. The van der Waals surface area contributed by atoms with Crippen LogP contribution < -0.4 is 10.6 Å². The van der Waals surface area contributed by atoms with E-state index in [1.54, 1.807) is 35.6 Å². The fourth-order valence-electron chi connectivity index (χ4n) is 1.84. The van der Waals surface area contributed by atoms with E-state index in [-0.39, 0.29) is 11.8 Å². The Balaban J connectivity index is 1.92. The molecule has 1 aromatic heterocycles. The fraction of sp³-hybridized carbons (Fsp3) is 0.312. The van der Waals surface area contributed by atoms with Crippen molar-refractivity contribution in [3.8, 4) is 0 Å². The molecule has 0 unspecified atom stereocenters. The van der Waals surface area contributed by atoms with E-state index in [4.69, 9.17) is 0 Å². The van der Waals surface area contributed by atoms with E-state index in [9.17, 15) is 9.59 Å². The van der Waals surface area contributed by atoms with Crippen LogP contribution in [0, 0.1) is 0 Å². The zero-order valence-corrected chi connectivity index (χ0v) is 13.7. The summed E-state index contributed by atoms with van der Waals surface area (Å²) in [5.41, 5.74) is 2.27. The number of hydrogen-bond acceptors (Lipinski definition) is 4. The van der Waals surface area contributed by atoms with Gasteiger partial charge in [0.25, 0.3) is 5.91 Å². The molecule has 2 amide bonds. The van der Waals surface area contributed by atoms with Crippen molar-refractivity contribution in [2.24, 2.45) is 0 Å². The van der Waals surface area contributed by atoms with Crippen LogP contribution in [0.1, 0.15) is 47.7 Å². The second-order valence-electron chi connectivity index (χ2n) is 5.26. The van der Waals surface area contributed by atoms with Gasteiger partial charge in [-0.2, -0.15) is 0 Å². The predicted octanol–water partition coefficient (Wildman–Crippen LogP) is 3.15. The second kappa shape index (κ2) is 7.17. The summed E-state index contributed by atoms with van der Waals surface area (Å²) in [5, 5.41) is 8.43. The Morgan fingerprint density at radius 3 is 2.45 bits per heavy atom. The van der Waals surface area contributed by atoms with Crippen molar-refractivity contribution in [1.29, 1.82) is 0 Å². The van der Waals surface area contributed by atoms with Crippen LogP contribution in [0.25, 0.3) is 0 Å². The van der Waals surface area contributed by atoms with Crippen LogP contribution in [0.5, 0.6) is 0 Å². The van der Waals surface area contributed by atoms with E-state index >= 15 is 0 Å². The SMILES string of the molecule is CC(=O)Nc1ccc(C(=O)NCc2nc(C(C)C)cs2)cc1. The largest absolute Gasteiger partial charge is 0.346 e. The van der Waals surface area contributed by atoms with Gasteiger partial charge in [0.1, 0.15) is 5.01 Å². The summed E-state index contributed by atoms with van der Waals surface area (Å²) in [7, 11) is 0. The molecule has 0 saturated carbocycles. The highest BCUT2D eigenvalue weighted by atomic mass is 32.1. The van der Waals surface area contributed by atoms with Crippen LogP contribution in [0.15, 0.2) is 29.6 Å². The van der Waals surface area contributed by atoms with Crippen LogP contribution >= 0.6 is 11.3 Å². The Morgan fingerprint density at radius 1 is 1.23 bits per heavy atom. The van der Waals surface area contributed by atoms with Gasteiger partial charge in [0.2, 0.25) is 5.91 Å². The standard InChI is InChI=1S/C16H19N3O2S/c1-10(2)14-9-22-15(19-14)8-17-16(21)12-4-6-13(7-5-12)18-11(3)20/h4-7,9-10H,8H2,1-3H3,(H,17,21)(H,18,20). The molecule has 1 aromatic carbocycles. The molecule has 0 aliphatic rings. The third kappa shape index (κ3) is 4.39. The number of thiazole rings is 1. The van der Waals surface area contributed by atoms with Crippen LogP contribution in [0.3, 0.4) is 0 Å². The molecule has 6 heteroatoms. The molecular weight excluding hydrogens is 298 g/mol. The first-order valence-electron chi connectivity index (χ1n) is 7.06. The van der Waals surface area contributed by atoms with Crippen LogP contribution in [-0.2, 0) is 11.3 Å². The molecule has 5 nitrogen and oxygen atoms in total. The highest BCUT2D eigenvalue weighted by Gasteiger charge is 2.09. The number of aromatic nitrogens is 1. The van der Waals surface area contributed by atoms with Crippen LogP contribution in [0.2, 0.25) is 0 Å². The van der Waals surface area contributed by atoms with E-state index in [1.807, 2.05) is 5.38 Å². The summed E-state index contributed by atoms with van der Waals surface area (Å²) >= 11 is 1.55. The summed E-state index contributed by atoms with van der Waals surface area (Å²) in [4.78, 5) is 27.5. The fourth-order valence-corrected chi connectivity index (χ4v) is 2.73. The number of rotatable bonds is 5. The summed E-state index contributed by atoms with van der Waals surface area (Å²) in [6.07, 6.45) is 0. The van der Waals surface area contributed by atoms with Crippen molar-refractivity contribution in [2.45, 2.75) is 33.2 Å². The van der Waals surface area contributed by atoms with Crippen LogP contribution in [-0.4, -0.2) is 16.8 Å². The normalized spacial score (nSPS) is 10.5. The number of anilines is 1. The second-order valence-corrected chi connectivity index (χ2v) is 6.20. The summed E-state index contributed by atoms with van der Waals surface area (Å²) in [5.74, 6) is 0.0969. The van der Waals surface area contributed by atoms with Gasteiger partial charge in [-0.3, -0.25) is 9.59 Å². The summed E-state index contributed by atoms with van der Waals surface area (Å²) in [6.45, 7) is 6.05. The van der Waals surface area contributed by atoms with Crippen molar-refractivity contribution < 1.29 is 9.59 Å². The molecule has 0 radical (unpaired) electrons. The van der Waals surface area contributed by atoms with E-state index in [1.165, 1.54) is 6.92 Å².